The zero-order valence-electron chi connectivity index (χ0n) is 17.4. The number of aliphatic carboxylic acids is 1. The maximum Gasteiger partial charge on any atom is 0.326 e. The number of nitrogens with zero attached hydrogens (tertiary/aromatic N) is 1. The van der Waals surface area contributed by atoms with Crippen molar-refractivity contribution in [2.24, 2.45) is 11.7 Å². The molecule has 0 saturated carbocycles. The van der Waals surface area contributed by atoms with Crippen LogP contribution in [0.3, 0.4) is 0 Å². The number of amides is 3. The summed E-state index contributed by atoms with van der Waals surface area (Å²) in [6.07, 6.45) is 3.38. The third-order valence-electron chi connectivity index (χ3n) is 4.78. The molecule has 5 unspecified atom stereocenters. The predicted octanol–water partition coefficient (Wildman–Crippen LogP) is -2.21. The van der Waals surface area contributed by atoms with Gasteiger partial charge in [0.2, 0.25) is 17.7 Å². The van der Waals surface area contributed by atoms with Gasteiger partial charge >= 0.3 is 5.97 Å². The first-order valence-electron chi connectivity index (χ1n) is 9.72. The minimum absolute atomic E-state index is 0.0734. The van der Waals surface area contributed by atoms with Crippen LogP contribution in [-0.2, 0) is 25.6 Å². The third kappa shape index (κ3) is 8.19. The molecule has 0 bridgehead atoms. The molecule has 1 aromatic rings. The first-order valence-corrected chi connectivity index (χ1v) is 10.4. The third-order valence-corrected chi connectivity index (χ3v) is 5.15. The van der Waals surface area contributed by atoms with Crippen LogP contribution in [0.4, 0.5) is 0 Å². The Kier molecular flexibility index (Phi) is 11.0. The molecule has 0 aromatic carbocycles. The van der Waals surface area contributed by atoms with Gasteiger partial charge in [-0.3, -0.25) is 14.4 Å². The first-order chi connectivity index (χ1) is 14.6. The standard InChI is InChI=1S/C18H30N6O6S/c1-3-9(2)14(19)17(28)24-13(7-31)16(27)23-12(6-25)15(26)22-11(18(29)30)4-10-5-20-8-21-10/h5,8-9,11-14,25,31H,3-4,6-7,19H2,1-2H3,(H,20,21)(H,22,26)(H,23,27)(H,24,28)(H,29,30). The number of hydrogen-bond donors (Lipinski definition) is 8. The summed E-state index contributed by atoms with van der Waals surface area (Å²) in [6, 6.07) is -4.67. The largest absolute Gasteiger partial charge is 0.480 e. The Bertz CT molecular complexity index is 746. The molecule has 0 aliphatic carbocycles. The quantitative estimate of drug-likeness (QED) is 0.152. The zero-order chi connectivity index (χ0) is 23.6. The highest BCUT2D eigenvalue weighted by Crippen LogP contribution is 2.06. The van der Waals surface area contributed by atoms with E-state index < -0.39 is 54.5 Å². The molecule has 8 N–H and O–H groups in total. The Morgan fingerprint density at radius 2 is 1.71 bits per heavy atom. The maximum atomic E-state index is 12.5. The highest BCUT2D eigenvalue weighted by Gasteiger charge is 2.30. The molecule has 0 radical (unpaired) electrons. The van der Waals surface area contributed by atoms with Crippen molar-refractivity contribution in [3.63, 3.8) is 0 Å². The Labute approximate surface area is 185 Å². The van der Waals surface area contributed by atoms with Crippen molar-refractivity contribution in [2.75, 3.05) is 12.4 Å². The van der Waals surface area contributed by atoms with Gasteiger partial charge in [-0.15, -0.1) is 0 Å². The van der Waals surface area contributed by atoms with Gasteiger partial charge in [-0.1, -0.05) is 20.3 Å². The summed E-state index contributed by atoms with van der Waals surface area (Å²) in [4.78, 5) is 55.1. The van der Waals surface area contributed by atoms with Gasteiger partial charge in [0.05, 0.1) is 19.0 Å². The van der Waals surface area contributed by atoms with Crippen LogP contribution in [0.15, 0.2) is 12.5 Å². The monoisotopic (exact) mass is 458 g/mol. The molecule has 0 aliphatic heterocycles. The van der Waals surface area contributed by atoms with E-state index in [1.807, 2.05) is 6.92 Å². The van der Waals surface area contributed by atoms with Crippen molar-refractivity contribution < 1.29 is 29.4 Å². The van der Waals surface area contributed by atoms with Gasteiger partial charge in [-0.05, 0) is 5.92 Å². The van der Waals surface area contributed by atoms with E-state index in [1.54, 1.807) is 6.92 Å². The van der Waals surface area contributed by atoms with E-state index in [0.29, 0.717) is 12.1 Å². The van der Waals surface area contributed by atoms with Crippen molar-refractivity contribution in [2.45, 2.75) is 50.9 Å². The van der Waals surface area contributed by atoms with Gasteiger partial charge in [0.15, 0.2) is 0 Å². The number of hydrogen-bond acceptors (Lipinski definition) is 8. The number of carboxylic acids is 1. The van der Waals surface area contributed by atoms with Crippen LogP contribution < -0.4 is 21.7 Å². The summed E-state index contributed by atoms with van der Waals surface area (Å²) < 4.78 is 0. The fourth-order valence-corrected chi connectivity index (χ4v) is 2.79. The average molecular weight is 459 g/mol. The number of carbonyl (C=O) groups excluding carboxylic acids is 3. The fourth-order valence-electron chi connectivity index (χ4n) is 2.53. The molecular weight excluding hydrogens is 428 g/mol. The van der Waals surface area contributed by atoms with Crippen LogP contribution in [-0.4, -0.2) is 80.4 Å². The molecule has 1 aromatic heterocycles. The van der Waals surface area contributed by atoms with Gasteiger partial charge in [-0.2, -0.15) is 12.6 Å². The van der Waals surface area contributed by atoms with Crippen LogP contribution in [0.2, 0.25) is 0 Å². The summed E-state index contributed by atoms with van der Waals surface area (Å²) in [5.41, 5.74) is 6.33. The number of carboxylic acid groups (broad SMARTS) is 1. The van der Waals surface area contributed by atoms with E-state index in [4.69, 9.17) is 5.73 Å². The lowest BCUT2D eigenvalue weighted by atomic mass is 9.99. The molecule has 3 amide bonds. The van der Waals surface area contributed by atoms with Crippen LogP contribution in [0.25, 0.3) is 0 Å². The van der Waals surface area contributed by atoms with Crippen molar-refractivity contribution in [1.29, 1.82) is 0 Å². The number of carbonyl (C=O) groups is 4. The van der Waals surface area contributed by atoms with Crippen LogP contribution in [0.1, 0.15) is 26.0 Å². The van der Waals surface area contributed by atoms with E-state index in [-0.39, 0.29) is 18.1 Å². The molecule has 174 valence electrons. The van der Waals surface area contributed by atoms with Crippen LogP contribution in [0.5, 0.6) is 0 Å². The second-order valence-corrected chi connectivity index (χ2v) is 7.44. The Morgan fingerprint density at radius 1 is 1.13 bits per heavy atom. The van der Waals surface area contributed by atoms with E-state index >= 15 is 0 Å². The van der Waals surface area contributed by atoms with Crippen molar-refractivity contribution in [3.05, 3.63) is 18.2 Å². The molecule has 13 heteroatoms. The number of rotatable bonds is 13. The number of aliphatic hydroxyl groups excluding tert-OH is 1. The lowest BCUT2D eigenvalue weighted by molar-refractivity contribution is -0.142. The van der Waals surface area contributed by atoms with Gasteiger partial charge in [0.1, 0.15) is 18.1 Å². The number of thiol groups is 1. The van der Waals surface area contributed by atoms with Crippen LogP contribution >= 0.6 is 12.6 Å². The number of aromatic amines is 1. The minimum atomic E-state index is -1.43. The van der Waals surface area contributed by atoms with Gasteiger partial charge in [0, 0.05) is 24.1 Å². The normalized spacial score (nSPS) is 15.8. The Morgan fingerprint density at radius 3 is 2.19 bits per heavy atom. The molecule has 0 spiro atoms. The number of H-pyrrole nitrogens is 1. The van der Waals surface area contributed by atoms with E-state index in [1.165, 1.54) is 12.5 Å². The Hall–Kier alpha value is -2.64. The zero-order valence-corrected chi connectivity index (χ0v) is 18.3. The van der Waals surface area contributed by atoms with Crippen molar-refractivity contribution >= 4 is 36.3 Å². The lowest BCUT2D eigenvalue weighted by Gasteiger charge is -2.24. The topological polar surface area (TPSA) is 200 Å². The number of nitrogens with two attached hydrogens (primary N) is 1. The highest BCUT2D eigenvalue weighted by molar-refractivity contribution is 7.80. The van der Waals surface area contributed by atoms with Gasteiger partial charge < -0.3 is 36.9 Å². The predicted molar refractivity (Wildman–Crippen MR) is 114 cm³/mol. The molecule has 5 atom stereocenters. The minimum Gasteiger partial charge on any atom is -0.480 e. The molecule has 1 heterocycles. The first kappa shape index (κ1) is 26.4. The summed E-state index contributed by atoms with van der Waals surface area (Å²) >= 11 is 4.04. The second kappa shape index (κ2) is 12.9. The molecule has 0 saturated heterocycles. The number of aromatic nitrogens is 2. The summed E-state index contributed by atoms with van der Waals surface area (Å²) in [5, 5.41) is 25.9. The van der Waals surface area contributed by atoms with E-state index in [9.17, 15) is 29.4 Å². The molecule has 0 fully saturated rings. The number of imidazole rings is 1. The second-order valence-electron chi connectivity index (χ2n) is 7.08. The number of aliphatic hydroxyl groups is 1. The maximum absolute atomic E-state index is 12.5. The van der Waals surface area contributed by atoms with E-state index in [2.05, 4.69) is 38.5 Å². The molecule has 1 rings (SSSR count). The molecule has 12 nitrogen and oxygen atoms in total. The SMILES string of the molecule is CCC(C)C(N)C(=O)NC(CS)C(=O)NC(CO)C(=O)NC(Cc1cnc[nH]1)C(=O)O. The average Bonchev–Trinajstić information content (AvgIpc) is 3.26. The fraction of sp³-hybridized carbons (Fsp3) is 0.611. The van der Waals surface area contributed by atoms with E-state index in [0.717, 1.165) is 0 Å². The summed E-state index contributed by atoms with van der Waals surface area (Å²) in [6.45, 7) is 2.89. The molecule has 0 aliphatic rings. The summed E-state index contributed by atoms with van der Waals surface area (Å²) in [5.74, 6) is -3.70. The van der Waals surface area contributed by atoms with Gasteiger partial charge in [-0.25, -0.2) is 9.78 Å². The molecular formula is C18H30N6O6S. The molecule has 31 heavy (non-hydrogen) atoms. The van der Waals surface area contributed by atoms with Crippen LogP contribution in [0, 0.1) is 5.92 Å². The Balaban J connectivity index is 2.74. The summed E-state index contributed by atoms with van der Waals surface area (Å²) in [7, 11) is 0. The van der Waals surface area contributed by atoms with Crippen molar-refractivity contribution in [1.82, 2.24) is 25.9 Å². The highest BCUT2D eigenvalue weighted by atomic mass is 32.1. The lowest BCUT2D eigenvalue weighted by Crippen LogP contribution is -2.59. The number of nitrogens with one attached hydrogen (secondary N) is 4. The van der Waals surface area contributed by atoms with Crippen molar-refractivity contribution in [3.8, 4) is 0 Å². The van der Waals surface area contributed by atoms with Gasteiger partial charge in [0.25, 0.3) is 0 Å². The smallest absolute Gasteiger partial charge is 0.326 e.